The summed E-state index contributed by atoms with van der Waals surface area (Å²) in [6.07, 6.45) is 2.97. The molecule has 0 spiro atoms. The lowest BCUT2D eigenvalue weighted by Gasteiger charge is -2.34. The van der Waals surface area contributed by atoms with E-state index >= 15 is 0 Å². The summed E-state index contributed by atoms with van der Waals surface area (Å²) in [7, 11) is 0. The van der Waals surface area contributed by atoms with Crippen molar-refractivity contribution in [2.45, 2.75) is 0 Å². The van der Waals surface area contributed by atoms with Gasteiger partial charge in [0, 0.05) is 38.9 Å². The van der Waals surface area contributed by atoms with E-state index in [2.05, 4.69) is 21.9 Å². The van der Waals surface area contributed by atoms with E-state index in [1.54, 1.807) is 15.9 Å². The highest BCUT2D eigenvalue weighted by Gasteiger charge is 2.25. The summed E-state index contributed by atoms with van der Waals surface area (Å²) in [5, 5.41) is 2.69. The van der Waals surface area contributed by atoms with E-state index in [1.165, 1.54) is 6.20 Å². The van der Waals surface area contributed by atoms with Gasteiger partial charge in [0.2, 0.25) is 0 Å². The number of aromatic nitrogens is 2. The Morgan fingerprint density at radius 2 is 1.95 bits per heavy atom. The highest BCUT2D eigenvalue weighted by Crippen LogP contribution is 2.06. The zero-order chi connectivity index (χ0) is 14.5. The second-order valence-electron chi connectivity index (χ2n) is 4.41. The lowest BCUT2D eigenvalue weighted by Crippen LogP contribution is -2.53. The Hall–Kier alpha value is -2.51. The molecule has 0 saturated carbocycles. The fraction of sp³-hybridized carbons (Fsp3) is 0.417. The Kier molecular flexibility index (Phi) is 4.24. The number of amides is 3. The van der Waals surface area contributed by atoms with Crippen LogP contribution in [0, 0.1) is 0 Å². The lowest BCUT2D eigenvalue weighted by atomic mass is 10.3. The molecule has 0 aromatic carbocycles. The summed E-state index contributed by atoms with van der Waals surface area (Å²) < 4.78 is 0. The summed E-state index contributed by atoms with van der Waals surface area (Å²) in [6.45, 7) is 5.75. The van der Waals surface area contributed by atoms with Crippen LogP contribution in [0.4, 0.5) is 4.79 Å². The summed E-state index contributed by atoms with van der Waals surface area (Å²) in [6, 6.07) is -0.160. The summed E-state index contributed by atoms with van der Waals surface area (Å²) >= 11 is 0. The predicted molar refractivity (Wildman–Crippen MR) is 72.5 cm³/mol. The van der Waals surface area contributed by atoms with Gasteiger partial charge in [-0.15, -0.1) is 6.58 Å². The highest BCUT2D eigenvalue weighted by atomic mass is 16.2. The number of rotatable bonds is 3. The number of nitrogens with one attached hydrogen (secondary N) is 3. The van der Waals surface area contributed by atoms with Gasteiger partial charge in [0.05, 0.1) is 0 Å². The van der Waals surface area contributed by atoms with Gasteiger partial charge in [0.15, 0.2) is 0 Å². The van der Waals surface area contributed by atoms with Crippen LogP contribution in [0.15, 0.2) is 23.6 Å². The largest absolute Gasteiger partial charge is 0.335 e. The molecule has 1 aliphatic heterocycles. The number of H-pyrrole nitrogens is 2. The number of piperazine rings is 1. The van der Waals surface area contributed by atoms with E-state index < -0.39 is 5.69 Å². The third kappa shape index (κ3) is 3.08. The van der Waals surface area contributed by atoms with Crippen LogP contribution in [-0.4, -0.2) is 64.4 Å². The smallest absolute Gasteiger partial charge is 0.323 e. The molecule has 1 fully saturated rings. The molecule has 3 amide bonds. The molecule has 1 aliphatic rings. The maximum Gasteiger partial charge on any atom is 0.323 e. The van der Waals surface area contributed by atoms with Crippen LogP contribution in [0.2, 0.25) is 0 Å². The standard InChI is InChI=1S/C12H17N5O3/c1-2-3-13-12(20)17-6-4-16(5-7-17)10(18)9-8-14-11(19)15-9/h2,8H,1,3-7H2,(H,13,20)(H2,14,15,19). The molecule has 0 unspecified atom stereocenters. The maximum atomic E-state index is 12.1. The van der Waals surface area contributed by atoms with Gasteiger partial charge >= 0.3 is 11.7 Å². The monoisotopic (exact) mass is 279 g/mol. The molecule has 0 atom stereocenters. The maximum absolute atomic E-state index is 12.1. The molecule has 0 aliphatic carbocycles. The first kappa shape index (κ1) is 13.9. The molecule has 20 heavy (non-hydrogen) atoms. The number of imidazole rings is 1. The summed E-state index contributed by atoms with van der Waals surface area (Å²) in [4.78, 5) is 42.8. The van der Waals surface area contributed by atoms with Crippen LogP contribution in [-0.2, 0) is 0 Å². The van der Waals surface area contributed by atoms with Gasteiger partial charge in [-0.25, -0.2) is 9.59 Å². The predicted octanol–water partition coefficient (Wildman–Crippen LogP) is -0.644. The van der Waals surface area contributed by atoms with Crippen molar-refractivity contribution in [3.8, 4) is 0 Å². The van der Waals surface area contributed by atoms with E-state index in [9.17, 15) is 14.4 Å². The third-order valence-electron chi connectivity index (χ3n) is 3.08. The normalized spacial score (nSPS) is 15.0. The van der Waals surface area contributed by atoms with Gasteiger partial charge in [-0.3, -0.25) is 4.79 Å². The number of aromatic amines is 2. The molecule has 1 saturated heterocycles. The molecule has 1 aromatic rings. The molecule has 8 heteroatoms. The zero-order valence-corrected chi connectivity index (χ0v) is 11.0. The van der Waals surface area contributed by atoms with Crippen molar-refractivity contribution in [1.29, 1.82) is 0 Å². The SMILES string of the molecule is C=CCNC(=O)N1CCN(C(=O)c2c[nH]c(=O)[nH]2)CC1. The minimum atomic E-state index is -0.407. The fourth-order valence-corrected chi connectivity index (χ4v) is 2.00. The van der Waals surface area contributed by atoms with E-state index in [4.69, 9.17) is 0 Å². The Bertz CT molecular complexity index is 553. The van der Waals surface area contributed by atoms with E-state index in [0.29, 0.717) is 32.7 Å². The molecule has 1 aromatic heterocycles. The fourth-order valence-electron chi connectivity index (χ4n) is 2.00. The van der Waals surface area contributed by atoms with E-state index in [-0.39, 0.29) is 17.6 Å². The van der Waals surface area contributed by atoms with Gasteiger partial charge in [-0.1, -0.05) is 6.08 Å². The van der Waals surface area contributed by atoms with Crippen molar-refractivity contribution in [2.75, 3.05) is 32.7 Å². The highest BCUT2D eigenvalue weighted by molar-refractivity contribution is 5.92. The van der Waals surface area contributed by atoms with Gasteiger partial charge in [-0.05, 0) is 0 Å². The lowest BCUT2D eigenvalue weighted by molar-refractivity contribution is 0.0660. The van der Waals surface area contributed by atoms with Crippen LogP contribution < -0.4 is 11.0 Å². The van der Waals surface area contributed by atoms with Crippen molar-refractivity contribution in [3.05, 3.63) is 35.0 Å². The van der Waals surface area contributed by atoms with Crippen LogP contribution >= 0.6 is 0 Å². The van der Waals surface area contributed by atoms with Crippen molar-refractivity contribution in [1.82, 2.24) is 25.1 Å². The van der Waals surface area contributed by atoms with Crippen molar-refractivity contribution in [3.63, 3.8) is 0 Å². The number of hydrogen-bond acceptors (Lipinski definition) is 3. The quantitative estimate of drug-likeness (QED) is 0.641. The molecule has 108 valence electrons. The number of carbonyl (C=O) groups is 2. The van der Waals surface area contributed by atoms with Gasteiger partial charge in [0.25, 0.3) is 5.91 Å². The topological polar surface area (TPSA) is 101 Å². The average Bonchev–Trinajstić information content (AvgIpc) is 2.90. The number of nitrogens with zero attached hydrogens (tertiary/aromatic N) is 2. The molecule has 2 heterocycles. The third-order valence-corrected chi connectivity index (χ3v) is 3.08. The number of carbonyl (C=O) groups excluding carboxylic acids is 2. The Labute approximate surface area is 115 Å². The van der Waals surface area contributed by atoms with Crippen LogP contribution in [0.1, 0.15) is 10.5 Å². The van der Waals surface area contributed by atoms with E-state index in [1.807, 2.05) is 0 Å². The first-order valence-electron chi connectivity index (χ1n) is 6.32. The molecule has 0 bridgehead atoms. The molecular weight excluding hydrogens is 262 g/mol. The Morgan fingerprint density at radius 1 is 1.30 bits per heavy atom. The van der Waals surface area contributed by atoms with E-state index in [0.717, 1.165) is 0 Å². The second kappa shape index (κ2) is 6.09. The van der Waals surface area contributed by atoms with Crippen LogP contribution in [0.3, 0.4) is 0 Å². The number of urea groups is 1. The summed E-state index contributed by atoms with van der Waals surface area (Å²) in [5.74, 6) is -0.241. The van der Waals surface area contributed by atoms with Crippen molar-refractivity contribution < 1.29 is 9.59 Å². The average molecular weight is 279 g/mol. The first-order chi connectivity index (χ1) is 9.61. The van der Waals surface area contributed by atoms with Gasteiger partial charge in [-0.2, -0.15) is 0 Å². The zero-order valence-electron chi connectivity index (χ0n) is 11.0. The van der Waals surface area contributed by atoms with Crippen molar-refractivity contribution in [2.24, 2.45) is 0 Å². The van der Waals surface area contributed by atoms with Gasteiger partial charge in [0.1, 0.15) is 5.69 Å². The summed E-state index contributed by atoms with van der Waals surface area (Å²) in [5.41, 5.74) is -0.171. The van der Waals surface area contributed by atoms with Crippen molar-refractivity contribution >= 4 is 11.9 Å². The molecule has 8 nitrogen and oxygen atoms in total. The van der Waals surface area contributed by atoms with Crippen LogP contribution in [0.5, 0.6) is 0 Å². The Morgan fingerprint density at radius 3 is 2.50 bits per heavy atom. The molecular formula is C12H17N5O3. The minimum absolute atomic E-state index is 0.160. The van der Waals surface area contributed by atoms with Crippen LogP contribution in [0.25, 0.3) is 0 Å². The number of hydrogen-bond donors (Lipinski definition) is 3. The second-order valence-corrected chi connectivity index (χ2v) is 4.41. The Balaban J connectivity index is 1.88. The molecule has 3 N–H and O–H groups in total. The minimum Gasteiger partial charge on any atom is -0.335 e. The van der Waals surface area contributed by atoms with Gasteiger partial charge < -0.3 is 25.1 Å². The molecule has 0 radical (unpaired) electrons. The first-order valence-corrected chi connectivity index (χ1v) is 6.32. The molecule has 2 rings (SSSR count).